The first kappa shape index (κ1) is 11.6. The van der Waals surface area contributed by atoms with Gasteiger partial charge in [0.05, 0.1) is 0 Å². The largest absolute Gasteiger partial charge is 0.478 e. The summed E-state index contributed by atoms with van der Waals surface area (Å²) in [6.07, 6.45) is 0. The molecule has 3 heteroatoms. The number of rotatable bonds is 1. The van der Waals surface area contributed by atoms with E-state index in [9.17, 15) is 4.79 Å². The number of allylic oxidation sites excluding steroid dienone is 1. The van der Waals surface area contributed by atoms with Crippen molar-refractivity contribution in [1.82, 2.24) is 0 Å². The van der Waals surface area contributed by atoms with Gasteiger partial charge in [-0.05, 0) is 20.8 Å². The molecule has 0 heterocycles. The van der Waals surface area contributed by atoms with Gasteiger partial charge in [0, 0.05) is 25.1 Å². The van der Waals surface area contributed by atoms with Crippen molar-refractivity contribution in [3.63, 3.8) is 0 Å². The summed E-state index contributed by atoms with van der Waals surface area (Å²) < 4.78 is 0. The van der Waals surface area contributed by atoms with Crippen molar-refractivity contribution in [3.05, 3.63) is 11.1 Å². The first-order valence-corrected chi connectivity index (χ1v) is 2.43. The quantitative estimate of drug-likeness (QED) is 0.488. The molecule has 48 valence electrons. The Kier molecular flexibility index (Phi) is 6.05. The van der Waals surface area contributed by atoms with Crippen molar-refractivity contribution in [1.29, 1.82) is 0 Å². The minimum atomic E-state index is -0.829. The Morgan fingerprint density at radius 2 is 1.56 bits per heavy atom. The fourth-order valence-corrected chi connectivity index (χ4v) is 0.214. The average Bonchev–Trinajstić information content (AvgIpc) is 1.64. The number of carbonyl (C=O) groups is 1. The van der Waals surface area contributed by atoms with Gasteiger partial charge in [-0.2, -0.15) is 0 Å². The van der Waals surface area contributed by atoms with E-state index in [2.05, 4.69) is 0 Å². The molecule has 9 heavy (non-hydrogen) atoms. The zero-order valence-corrected chi connectivity index (χ0v) is 9.03. The van der Waals surface area contributed by atoms with Crippen molar-refractivity contribution >= 4 is 5.97 Å². The maximum atomic E-state index is 10.1. The van der Waals surface area contributed by atoms with Crippen LogP contribution in [0.15, 0.2) is 11.1 Å². The van der Waals surface area contributed by atoms with Gasteiger partial charge in [-0.15, -0.1) is 0 Å². The maximum Gasteiger partial charge on any atom is 0.331 e. The molecule has 0 aliphatic rings. The average molecular weight is 180 g/mol. The molecule has 0 bridgehead atoms. The molecule has 0 fully saturated rings. The molecule has 0 radical (unpaired) electrons. The molecule has 0 unspecified atom stereocenters. The van der Waals surface area contributed by atoms with Gasteiger partial charge >= 0.3 is 5.97 Å². The first-order valence-electron chi connectivity index (χ1n) is 2.43. The van der Waals surface area contributed by atoms with Crippen LogP contribution in [-0.4, -0.2) is 11.1 Å². The summed E-state index contributed by atoms with van der Waals surface area (Å²) in [7, 11) is 0. The van der Waals surface area contributed by atoms with E-state index in [-0.39, 0.29) is 19.5 Å². The normalized spacial score (nSPS) is 7.44. The maximum absolute atomic E-state index is 10.1. The van der Waals surface area contributed by atoms with Crippen LogP contribution in [0.5, 0.6) is 0 Å². The summed E-state index contributed by atoms with van der Waals surface area (Å²) in [5.41, 5.74) is 1.29. The standard InChI is InChI=1S/C6H10O2.Zn/c1-4(2)5(3)6(7)8;/h1-3H3,(H,7,8);. The van der Waals surface area contributed by atoms with Gasteiger partial charge in [0.25, 0.3) is 0 Å². The van der Waals surface area contributed by atoms with Gasteiger partial charge in [0.1, 0.15) is 0 Å². The van der Waals surface area contributed by atoms with E-state index in [4.69, 9.17) is 5.11 Å². The Hall–Kier alpha value is -0.167. The molecular weight excluding hydrogens is 169 g/mol. The molecular formula is C6H10O2Zn. The van der Waals surface area contributed by atoms with Crippen LogP contribution in [0.3, 0.4) is 0 Å². The van der Waals surface area contributed by atoms with Crippen molar-refractivity contribution in [2.24, 2.45) is 0 Å². The van der Waals surface area contributed by atoms with Gasteiger partial charge in [-0.25, -0.2) is 4.79 Å². The van der Waals surface area contributed by atoms with Gasteiger partial charge in [-0.3, -0.25) is 0 Å². The monoisotopic (exact) mass is 178 g/mol. The third kappa shape index (κ3) is 4.34. The SMILES string of the molecule is CC(C)=C(C)C(=O)O.[Zn]. The van der Waals surface area contributed by atoms with Crippen molar-refractivity contribution in [2.45, 2.75) is 20.8 Å². The van der Waals surface area contributed by atoms with Crippen LogP contribution in [0.4, 0.5) is 0 Å². The number of carboxylic acid groups (broad SMARTS) is 1. The predicted molar refractivity (Wildman–Crippen MR) is 31.7 cm³/mol. The number of hydrogen-bond acceptors (Lipinski definition) is 1. The third-order valence-electron chi connectivity index (χ3n) is 1.07. The van der Waals surface area contributed by atoms with Crippen LogP contribution in [0.2, 0.25) is 0 Å². The molecule has 0 aliphatic heterocycles. The zero-order chi connectivity index (χ0) is 6.73. The van der Waals surface area contributed by atoms with E-state index < -0.39 is 5.97 Å². The molecule has 0 saturated heterocycles. The van der Waals surface area contributed by atoms with Crippen LogP contribution in [0.25, 0.3) is 0 Å². The van der Waals surface area contributed by atoms with Crippen molar-refractivity contribution < 1.29 is 29.4 Å². The summed E-state index contributed by atoms with van der Waals surface area (Å²) in [5, 5.41) is 8.29. The minimum Gasteiger partial charge on any atom is -0.478 e. The summed E-state index contributed by atoms with van der Waals surface area (Å²) in [6, 6.07) is 0. The summed E-state index contributed by atoms with van der Waals surface area (Å²) >= 11 is 0. The Bertz CT molecular complexity index is 134. The topological polar surface area (TPSA) is 37.3 Å². The minimum absolute atomic E-state index is 0. The molecule has 0 atom stereocenters. The number of carboxylic acids is 1. The van der Waals surface area contributed by atoms with Gasteiger partial charge < -0.3 is 5.11 Å². The van der Waals surface area contributed by atoms with E-state index in [0.717, 1.165) is 5.57 Å². The summed E-state index contributed by atoms with van der Waals surface area (Å²) in [5.74, 6) is -0.829. The molecule has 1 N–H and O–H groups in total. The first-order chi connectivity index (χ1) is 3.55. The molecule has 0 spiro atoms. The van der Waals surface area contributed by atoms with Gasteiger partial charge in [-0.1, -0.05) is 5.57 Å². The Balaban J connectivity index is 0. The second-order valence-corrected chi connectivity index (χ2v) is 1.93. The Morgan fingerprint density at radius 3 is 1.56 bits per heavy atom. The van der Waals surface area contributed by atoms with E-state index in [1.54, 1.807) is 20.8 Å². The summed E-state index contributed by atoms with van der Waals surface area (Å²) in [6.45, 7) is 5.16. The third-order valence-corrected chi connectivity index (χ3v) is 1.07. The molecule has 0 aliphatic carbocycles. The second-order valence-electron chi connectivity index (χ2n) is 1.93. The van der Waals surface area contributed by atoms with Crippen molar-refractivity contribution in [3.8, 4) is 0 Å². The Labute approximate surface area is 67.7 Å². The van der Waals surface area contributed by atoms with E-state index in [1.807, 2.05) is 0 Å². The van der Waals surface area contributed by atoms with Crippen LogP contribution < -0.4 is 0 Å². The molecule has 0 aromatic rings. The van der Waals surface area contributed by atoms with Crippen LogP contribution in [0, 0.1) is 0 Å². The number of aliphatic carboxylic acids is 1. The second kappa shape index (κ2) is 4.69. The van der Waals surface area contributed by atoms with Gasteiger partial charge in [0.15, 0.2) is 0 Å². The van der Waals surface area contributed by atoms with Crippen LogP contribution >= 0.6 is 0 Å². The molecule has 2 nitrogen and oxygen atoms in total. The van der Waals surface area contributed by atoms with E-state index in [0.29, 0.717) is 5.57 Å². The molecule has 0 amide bonds. The smallest absolute Gasteiger partial charge is 0.331 e. The van der Waals surface area contributed by atoms with Crippen LogP contribution in [-0.2, 0) is 24.3 Å². The predicted octanol–water partition coefficient (Wildman–Crippen LogP) is 1.42. The number of hydrogen-bond donors (Lipinski definition) is 1. The van der Waals surface area contributed by atoms with E-state index >= 15 is 0 Å². The summed E-state index contributed by atoms with van der Waals surface area (Å²) in [4.78, 5) is 10.1. The van der Waals surface area contributed by atoms with Crippen LogP contribution in [0.1, 0.15) is 20.8 Å². The molecule has 0 rings (SSSR count). The molecule has 0 aromatic carbocycles. The zero-order valence-electron chi connectivity index (χ0n) is 6.06. The van der Waals surface area contributed by atoms with E-state index in [1.165, 1.54) is 0 Å². The fourth-order valence-electron chi connectivity index (χ4n) is 0.214. The fraction of sp³-hybridized carbons (Fsp3) is 0.500. The Morgan fingerprint density at radius 1 is 1.22 bits per heavy atom. The van der Waals surface area contributed by atoms with Crippen molar-refractivity contribution in [2.75, 3.05) is 0 Å². The van der Waals surface area contributed by atoms with Gasteiger partial charge in [0.2, 0.25) is 0 Å². The molecule has 0 aromatic heterocycles. The molecule has 0 saturated carbocycles.